The van der Waals surface area contributed by atoms with E-state index in [1.165, 1.54) is 0 Å². The van der Waals surface area contributed by atoms with Crippen molar-refractivity contribution in [3.8, 4) is 11.5 Å². The van der Waals surface area contributed by atoms with Crippen LogP contribution in [0.5, 0.6) is 11.5 Å². The van der Waals surface area contributed by atoms with Gasteiger partial charge in [-0.05, 0) is 24.6 Å². The van der Waals surface area contributed by atoms with Crippen LogP contribution >= 0.6 is 0 Å². The summed E-state index contributed by atoms with van der Waals surface area (Å²) in [6.07, 6.45) is 4.23. The summed E-state index contributed by atoms with van der Waals surface area (Å²) in [5.41, 5.74) is 1.50. The van der Waals surface area contributed by atoms with Gasteiger partial charge in [-0.2, -0.15) is 0 Å². The summed E-state index contributed by atoms with van der Waals surface area (Å²) in [5, 5.41) is 0. The van der Waals surface area contributed by atoms with Gasteiger partial charge < -0.3 is 9.47 Å². The Balaban J connectivity index is 2.24. The number of para-hydroxylation sites is 1. The molecule has 0 saturated carbocycles. The zero-order chi connectivity index (χ0) is 15.8. The smallest absolute Gasteiger partial charge is 0.185 e. The van der Waals surface area contributed by atoms with Gasteiger partial charge in [-0.3, -0.25) is 4.79 Å². The summed E-state index contributed by atoms with van der Waals surface area (Å²) in [4.78, 5) is 12.1. The lowest BCUT2D eigenvalue weighted by molar-refractivity contribution is 0.104. The number of hydrogen-bond donors (Lipinski definition) is 0. The third-order valence-electron chi connectivity index (χ3n) is 3.15. The van der Waals surface area contributed by atoms with Crippen LogP contribution in [-0.2, 0) is 0 Å². The third-order valence-corrected chi connectivity index (χ3v) is 3.15. The fraction of sp³-hybridized carbons (Fsp3) is 0.211. The van der Waals surface area contributed by atoms with Crippen LogP contribution in [0.1, 0.15) is 29.3 Å². The number of carbonyl (C=O) groups is 1. The molecule has 0 amide bonds. The lowest BCUT2D eigenvalue weighted by Gasteiger charge is -2.12. The quantitative estimate of drug-likeness (QED) is 0.562. The monoisotopic (exact) mass is 296 g/mol. The molecule has 0 aromatic heterocycles. The van der Waals surface area contributed by atoms with Crippen molar-refractivity contribution in [1.29, 1.82) is 0 Å². The van der Waals surface area contributed by atoms with E-state index in [1.54, 1.807) is 31.4 Å². The number of rotatable bonds is 7. The van der Waals surface area contributed by atoms with Crippen molar-refractivity contribution in [3.05, 3.63) is 65.7 Å². The van der Waals surface area contributed by atoms with E-state index in [4.69, 9.17) is 9.47 Å². The highest BCUT2D eigenvalue weighted by molar-refractivity contribution is 6.06. The fourth-order valence-electron chi connectivity index (χ4n) is 2.05. The summed E-state index contributed by atoms with van der Waals surface area (Å²) in [5.74, 6) is 1.30. The van der Waals surface area contributed by atoms with Gasteiger partial charge >= 0.3 is 0 Å². The molecule has 0 spiro atoms. The Kier molecular flexibility index (Phi) is 5.78. The van der Waals surface area contributed by atoms with E-state index in [9.17, 15) is 4.79 Å². The third kappa shape index (κ3) is 3.98. The molecular weight excluding hydrogens is 276 g/mol. The first kappa shape index (κ1) is 15.8. The normalized spacial score (nSPS) is 10.6. The van der Waals surface area contributed by atoms with E-state index in [0.29, 0.717) is 23.7 Å². The molecule has 114 valence electrons. The van der Waals surface area contributed by atoms with Crippen LogP contribution in [-0.4, -0.2) is 19.5 Å². The standard InChI is InChI=1S/C19H20O3/c1-3-14-22-19-16(10-7-11-18(19)21-2)12-13-17(20)15-8-5-4-6-9-15/h4-13H,3,14H2,1-2H3/b13-12+. The maximum atomic E-state index is 12.1. The lowest BCUT2D eigenvalue weighted by Crippen LogP contribution is -2.00. The predicted octanol–water partition coefficient (Wildman–Crippen LogP) is 4.38. The van der Waals surface area contributed by atoms with Crippen LogP contribution in [0.4, 0.5) is 0 Å². The SMILES string of the molecule is CCCOc1c(/C=C/C(=O)c2ccccc2)cccc1OC. The Bertz CT molecular complexity index is 645. The summed E-state index contributed by atoms with van der Waals surface area (Å²) < 4.78 is 11.1. The number of hydrogen-bond acceptors (Lipinski definition) is 3. The molecule has 0 unspecified atom stereocenters. The minimum absolute atomic E-state index is 0.0372. The molecule has 3 nitrogen and oxygen atoms in total. The van der Waals surface area contributed by atoms with E-state index in [2.05, 4.69) is 0 Å². The molecule has 0 radical (unpaired) electrons. The van der Waals surface area contributed by atoms with Gasteiger partial charge in [0.2, 0.25) is 0 Å². The highest BCUT2D eigenvalue weighted by atomic mass is 16.5. The van der Waals surface area contributed by atoms with Gasteiger partial charge in [0.1, 0.15) is 0 Å². The van der Waals surface area contributed by atoms with E-state index in [0.717, 1.165) is 12.0 Å². The van der Waals surface area contributed by atoms with Crippen molar-refractivity contribution < 1.29 is 14.3 Å². The Morgan fingerprint density at radius 2 is 1.86 bits per heavy atom. The Labute approximate surface area is 131 Å². The van der Waals surface area contributed by atoms with Crippen molar-refractivity contribution in [3.63, 3.8) is 0 Å². The van der Waals surface area contributed by atoms with Crippen molar-refractivity contribution in [1.82, 2.24) is 0 Å². The van der Waals surface area contributed by atoms with E-state index < -0.39 is 0 Å². The van der Waals surface area contributed by atoms with Gasteiger partial charge in [-0.25, -0.2) is 0 Å². The summed E-state index contributed by atoms with van der Waals surface area (Å²) in [6, 6.07) is 14.8. The zero-order valence-corrected chi connectivity index (χ0v) is 12.9. The zero-order valence-electron chi connectivity index (χ0n) is 12.9. The number of carbonyl (C=O) groups excluding carboxylic acids is 1. The maximum absolute atomic E-state index is 12.1. The molecule has 0 fully saturated rings. The van der Waals surface area contributed by atoms with Gasteiger partial charge in [0.25, 0.3) is 0 Å². The molecule has 0 saturated heterocycles. The summed E-state index contributed by atoms with van der Waals surface area (Å²) >= 11 is 0. The summed E-state index contributed by atoms with van der Waals surface area (Å²) in [6.45, 7) is 2.65. The van der Waals surface area contributed by atoms with Gasteiger partial charge in [-0.1, -0.05) is 49.4 Å². The highest BCUT2D eigenvalue weighted by Gasteiger charge is 2.09. The average Bonchev–Trinajstić information content (AvgIpc) is 2.58. The first-order valence-electron chi connectivity index (χ1n) is 7.33. The first-order chi connectivity index (χ1) is 10.8. The molecule has 0 bridgehead atoms. The average molecular weight is 296 g/mol. The van der Waals surface area contributed by atoms with Crippen LogP contribution in [0.25, 0.3) is 6.08 Å². The van der Waals surface area contributed by atoms with Gasteiger partial charge in [0.05, 0.1) is 13.7 Å². The number of methoxy groups -OCH3 is 1. The highest BCUT2D eigenvalue weighted by Crippen LogP contribution is 2.32. The van der Waals surface area contributed by atoms with Gasteiger partial charge in [0, 0.05) is 11.1 Å². The van der Waals surface area contributed by atoms with Crippen LogP contribution in [0.15, 0.2) is 54.6 Å². The first-order valence-corrected chi connectivity index (χ1v) is 7.33. The van der Waals surface area contributed by atoms with Crippen molar-refractivity contribution in [2.75, 3.05) is 13.7 Å². The molecule has 0 aliphatic carbocycles. The topological polar surface area (TPSA) is 35.5 Å². The van der Waals surface area contributed by atoms with Crippen LogP contribution in [0.2, 0.25) is 0 Å². The lowest BCUT2D eigenvalue weighted by atomic mass is 10.1. The Hall–Kier alpha value is -2.55. The van der Waals surface area contributed by atoms with Crippen molar-refractivity contribution in [2.45, 2.75) is 13.3 Å². The molecule has 2 aromatic rings. The van der Waals surface area contributed by atoms with E-state index in [1.807, 2.05) is 43.3 Å². The van der Waals surface area contributed by atoms with Gasteiger partial charge in [0.15, 0.2) is 17.3 Å². The molecule has 2 rings (SSSR count). The van der Waals surface area contributed by atoms with Crippen molar-refractivity contribution >= 4 is 11.9 Å². The van der Waals surface area contributed by atoms with Crippen LogP contribution in [0, 0.1) is 0 Å². The summed E-state index contributed by atoms with van der Waals surface area (Å²) in [7, 11) is 1.61. The molecule has 22 heavy (non-hydrogen) atoms. The molecule has 0 aliphatic rings. The van der Waals surface area contributed by atoms with Gasteiger partial charge in [-0.15, -0.1) is 0 Å². The fourth-order valence-corrected chi connectivity index (χ4v) is 2.05. The Morgan fingerprint density at radius 3 is 2.55 bits per heavy atom. The van der Waals surface area contributed by atoms with E-state index in [-0.39, 0.29) is 5.78 Å². The number of ether oxygens (including phenoxy) is 2. The number of ketones is 1. The second-order valence-electron chi connectivity index (χ2n) is 4.79. The van der Waals surface area contributed by atoms with E-state index >= 15 is 0 Å². The molecule has 3 heteroatoms. The number of benzene rings is 2. The maximum Gasteiger partial charge on any atom is 0.185 e. The minimum atomic E-state index is -0.0372. The van der Waals surface area contributed by atoms with Crippen molar-refractivity contribution in [2.24, 2.45) is 0 Å². The second-order valence-corrected chi connectivity index (χ2v) is 4.79. The molecule has 0 heterocycles. The molecule has 0 N–H and O–H groups in total. The minimum Gasteiger partial charge on any atom is -0.493 e. The predicted molar refractivity (Wildman–Crippen MR) is 88.6 cm³/mol. The largest absolute Gasteiger partial charge is 0.493 e. The molecule has 2 aromatic carbocycles. The molecular formula is C19H20O3. The second kappa shape index (κ2) is 8.03. The van der Waals surface area contributed by atoms with Crippen LogP contribution in [0.3, 0.4) is 0 Å². The molecule has 0 aliphatic heterocycles. The Morgan fingerprint density at radius 1 is 1.09 bits per heavy atom. The van der Waals surface area contributed by atoms with Crippen LogP contribution < -0.4 is 9.47 Å². The molecule has 0 atom stereocenters. The number of allylic oxidation sites excluding steroid dienone is 1.